The largest absolute Gasteiger partial charge is 0.338 e. The molecule has 3 heterocycles. The van der Waals surface area contributed by atoms with Crippen molar-refractivity contribution in [2.75, 3.05) is 13.1 Å². The van der Waals surface area contributed by atoms with E-state index < -0.39 is 17.1 Å². The first-order valence-corrected chi connectivity index (χ1v) is 9.63. The van der Waals surface area contributed by atoms with E-state index in [1.165, 1.54) is 22.1 Å². The van der Waals surface area contributed by atoms with Crippen LogP contribution in [-0.4, -0.2) is 51.3 Å². The Bertz CT molecular complexity index is 1040. The fourth-order valence-corrected chi connectivity index (χ4v) is 4.04. The molecule has 0 aliphatic carbocycles. The topological polar surface area (TPSA) is 103 Å². The molecule has 150 valence electrons. The number of likely N-dealkylation sites (tertiary alicyclic amines) is 1. The summed E-state index contributed by atoms with van der Waals surface area (Å²) in [6, 6.07) is 9.62. The summed E-state index contributed by atoms with van der Waals surface area (Å²) in [5.74, 6) is -0.679. The van der Waals surface area contributed by atoms with Crippen LogP contribution in [-0.2, 0) is 11.3 Å². The lowest BCUT2D eigenvalue weighted by atomic mass is 9.87. The van der Waals surface area contributed by atoms with E-state index in [0.717, 1.165) is 5.56 Å². The summed E-state index contributed by atoms with van der Waals surface area (Å²) >= 11 is 5.99. The maximum atomic E-state index is 13.0. The maximum absolute atomic E-state index is 13.0. The lowest BCUT2D eigenvalue weighted by Gasteiger charge is -2.37. The van der Waals surface area contributed by atoms with Gasteiger partial charge in [0.2, 0.25) is 0 Å². The number of aromatic amines is 1. The molecule has 8 nitrogen and oxygen atoms in total. The summed E-state index contributed by atoms with van der Waals surface area (Å²) in [6.07, 6.45) is 2.05. The molecule has 0 radical (unpaired) electrons. The van der Waals surface area contributed by atoms with Crippen molar-refractivity contribution in [2.24, 2.45) is 0 Å². The number of rotatable bonds is 3. The van der Waals surface area contributed by atoms with E-state index >= 15 is 0 Å². The highest BCUT2D eigenvalue weighted by Gasteiger charge is 2.52. The minimum atomic E-state index is -1.02. The number of carbonyl (C=O) groups excluding carboxylic acids is 3. The van der Waals surface area contributed by atoms with Gasteiger partial charge in [-0.05, 0) is 42.7 Å². The van der Waals surface area contributed by atoms with Gasteiger partial charge in [-0.2, -0.15) is 0 Å². The monoisotopic (exact) mass is 414 g/mol. The zero-order valence-corrected chi connectivity index (χ0v) is 16.2. The van der Waals surface area contributed by atoms with Gasteiger partial charge in [-0.25, -0.2) is 4.79 Å². The smallest absolute Gasteiger partial charge is 0.325 e. The number of hydrogen-bond acceptors (Lipinski definition) is 4. The molecule has 9 heteroatoms. The van der Waals surface area contributed by atoms with Crippen LogP contribution in [0.4, 0.5) is 4.79 Å². The highest BCUT2D eigenvalue weighted by atomic mass is 35.5. The quantitative estimate of drug-likeness (QED) is 0.747. The number of nitrogens with one attached hydrogen (secondary N) is 2. The first-order chi connectivity index (χ1) is 13.9. The van der Waals surface area contributed by atoms with Gasteiger partial charge in [0.1, 0.15) is 11.1 Å². The first kappa shape index (κ1) is 19.2. The molecule has 4 rings (SSSR count). The maximum Gasteiger partial charge on any atom is 0.325 e. The molecule has 1 aromatic heterocycles. The zero-order chi connectivity index (χ0) is 20.6. The van der Waals surface area contributed by atoms with E-state index in [0.29, 0.717) is 17.9 Å². The highest BCUT2D eigenvalue weighted by Crippen LogP contribution is 2.31. The number of amides is 4. The number of hydrogen-bond donors (Lipinski definition) is 2. The molecule has 0 unspecified atom stereocenters. The van der Waals surface area contributed by atoms with Crippen LogP contribution in [0.3, 0.4) is 0 Å². The Labute approximate surface area is 171 Å². The van der Waals surface area contributed by atoms with Gasteiger partial charge in [0.05, 0.1) is 6.54 Å². The van der Waals surface area contributed by atoms with Gasteiger partial charge >= 0.3 is 6.03 Å². The lowest BCUT2D eigenvalue weighted by molar-refractivity contribution is -0.133. The highest BCUT2D eigenvalue weighted by molar-refractivity contribution is 6.30. The fourth-order valence-electron chi connectivity index (χ4n) is 3.83. The minimum Gasteiger partial charge on any atom is -0.338 e. The molecule has 4 amide bonds. The standard InChI is InChI=1S/C20H19ClN4O4/c21-14-4-1-3-13(11-14)12-25-18(28)20(23-19(25)29)6-9-24(10-7-20)17(27)15-5-2-8-22-16(15)26/h1-5,8,11H,6-7,9-10,12H2,(H,22,26)(H,23,29). The third-order valence-electron chi connectivity index (χ3n) is 5.43. The fraction of sp³-hybridized carbons (Fsp3) is 0.300. The Morgan fingerprint density at radius 2 is 1.86 bits per heavy atom. The van der Waals surface area contributed by atoms with Crippen LogP contribution in [0.5, 0.6) is 0 Å². The third-order valence-corrected chi connectivity index (χ3v) is 5.66. The van der Waals surface area contributed by atoms with Crippen molar-refractivity contribution >= 4 is 29.4 Å². The normalized spacial score (nSPS) is 18.2. The minimum absolute atomic E-state index is 0.0628. The molecule has 2 fully saturated rings. The summed E-state index contributed by atoms with van der Waals surface area (Å²) in [5.41, 5.74) is -0.646. The second-order valence-electron chi connectivity index (χ2n) is 7.24. The molecule has 2 aliphatic rings. The number of aromatic nitrogens is 1. The van der Waals surface area contributed by atoms with Crippen molar-refractivity contribution in [3.63, 3.8) is 0 Å². The SMILES string of the molecule is O=C(c1ccc[nH]c1=O)N1CCC2(CC1)NC(=O)N(Cc1cccc(Cl)c1)C2=O. The molecular weight excluding hydrogens is 396 g/mol. The first-order valence-electron chi connectivity index (χ1n) is 9.25. The van der Waals surface area contributed by atoms with Crippen molar-refractivity contribution in [2.45, 2.75) is 24.9 Å². The second-order valence-corrected chi connectivity index (χ2v) is 7.68. The number of piperidine rings is 1. The summed E-state index contributed by atoms with van der Waals surface area (Å²) < 4.78 is 0. The lowest BCUT2D eigenvalue weighted by Crippen LogP contribution is -2.56. The van der Waals surface area contributed by atoms with Crippen LogP contribution >= 0.6 is 11.6 Å². The number of halogens is 1. The predicted octanol–water partition coefficient (Wildman–Crippen LogP) is 1.76. The van der Waals surface area contributed by atoms with Gasteiger partial charge in [-0.3, -0.25) is 19.3 Å². The molecule has 0 saturated carbocycles. The molecule has 0 atom stereocenters. The number of pyridine rings is 1. The Kier molecular flexibility index (Phi) is 4.87. The van der Waals surface area contributed by atoms with Crippen molar-refractivity contribution < 1.29 is 14.4 Å². The summed E-state index contributed by atoms with van der Waals surface area (Å²) in [5, 5.41) is 3.35. The third kappa shape index (κ3) is 3.51. The predicted molar refractivity (Wildman–Crippen MR) is 105 cm³/mol. The molecule has 0 bridgehead atoms. The van der Waals surface area contributed by atoms with Crippen LogP contribution in [0.15, 0.2) is 47.4 Å². The van der Waals surface area contributed by atoms with Gasteiger partial charge in [0.25, 0.3) is 17.4 Å². The molecular formula is C20H19ClN4O4. The van der Waals surface area contributed by atoms with E-state index in [2.05, 4.69) is 10.3 Å². The summed E-state index contributed by atoms with van der Waals surface area (Å²) in [7, 11) is 0. The molecule has 2 aliphatic heterocycles. The molecule has 2 N–H and O–H groups in total. The van der Waals surface area contributed by atoms with Gasteiger partial charge in [-0.1, -0.05) is 23.7 Å². The van der Waals surface area contributed by atoms with Crippen molar-refractivity contribution in [1.29, 1.82) is 0 Å². The van der Waals surface area contributed by atoms with E-state index in [4.69, 9.17) is 11.6 Å². The summed E-state index contributed by atoms with van der Waals surface area (Å²) in [4.78, 5) is 55.2. The number of urea groups is 1. The van der Waals surface area contributed by atoms with E-state index in [1.807, 2.05) is 0 Å². The molecule has 29 heavy (non-hydrogen) atoms. The van der Waals surface area contributed by atoms with Gasteiger partial charge < -0.3 is 15.2 Å². The molecule has 1 aromatic carbocycles. The van der Waals surface area contributed by atoms with Gasteiger partial charge in [-0.15, -0.1) is 0 Å². The van der Waals surface area contributed by atoms with E-state index in [-0.39, 0.29) is 37.0 Å². The number of carbonyl (C=O) groups is 3. The number of nitrogens with zero attached hydrogens (tertiary/aromatic N) is 2. The van der Waals surface area contributed by atoms with Crippen LogP contribution in [0.1, 0.15) is 28.8 Å². The Morgan fingerprint density at radius 1 is 1.10 bits per heavy atom. The molecule has 2 saturated heterocycles. The van der Waals surface area contributed by atoms with E-state index in [1.54, 1.807) is 30.3 Å². The average Bonchev–Trinajstić information content (AvgIpc) is 2.93. The van der Waals surface area contributed by atoms with Gasteiger partial charge in [0, 0.05) is 24.3 Å². The van der Waals surface area contributed by atoms with Gasteiger partial charge in [0.15, 0.2) is 0 Å². The van der Waals surface area contributed by atoms with Crippen LogP contribution in [0, 0.1) is 0 Å². The molecule has 2 aromatic rings. The molecule has 1 spiro atoms. The van der Waals surface area contributed by atoms with Crippen LogP contribution < -0.4 is 10.9 Å². The van der Waals surface area contributed by atoms with E-state index in [9.17, 15) is 19.2 Å². The Hall–Kier alpha value is -3.13. The zero-order valence-electron chi connectivity index (χ0n) is 15.5. The number of H-pyrrole nitrogens is 1. The average molecular weight is 415 g/mol. The number of benzene rings is 1. The van der Waals surface area contributed by atoms with Crippen LogP contribution in [0.2, 0.25) is 5.02 Å². The summed E-state index contributed by atoms with van der Waals surface area (Å²) in [6.45, 7) is 0.670. The van der Waals surface area contributed by atoms with Crippen LogP contribution in [0.25, 0.3) is 0 Å². The van der Waals surface area contributed by atoms with Crippen molar-refractivity contribution in [3.05, 3.63) is 69.1 Å². The Morgan fingerprint density at radius 3 is 2.55 bits per heavy atom. The Balaban J connectivity index is 1.46. The van der Waals surface area contributed by atoms with Crippen molar-refractivity contribution in [3.8, 4) is 0 Å². The van der Waals surface area contributed by atoms with Crippen molar-refractivity contribution in [1.82, 2.24) is 20.1 Å². The second kappa shape index (κ2) is 7.36. The number of imide groups is 1.